The minimum atomic E-state index is -5.17. The molecule has 0 rings (SSSR count). The van der Waals surface area contributed by atoms with Crippen LogP contribution < -0.4 is 11.5 Å². The maximum atomic E-state index is 8.52. The van der Waals surface area contributed by atoms with Gasteiger partial charge >= 0.3 is 0 Å². The molecule has 0 fully saturated rings. The average molecular weight is 274 g/mol. The fourth-order valence-electron chi connectivity index (χ4n) is 0. The second-order valence-electron chi connectivity index (χ2n) is 1.53. The van der Waals surface area contributed by atoms with Gasteiger partial charge in [0.15, 0.2) is 0 Å². The van der Waals surface area contributed by atoms with Gasteiger partial charge in [-0.15, -0.1) is 0 Å². The van der Waals surface area contributed by atoms with Crippen LogP contribution in [0, 0.1) is 0 Å². The maximum Gasteiger partial charge on any atom is 0.0311 e. The molecule has 0 aromatic carbocycles. The van der Waals surface area contributed by atoms with Crippen LogP contribution in [0.2, 0.25) is 0 Å². The number of hydrogen-bond donors (Lipinski definition) is 2. The first-order valence-corrected chi connectivity index (χ1v) is 5.14. The smallest absolute Gasteiger partial charge is 0.0311 e. The van der Waals surface area contributed by atoms with Crippen LogP contribution in [-0.2, 0) is 35.7 Å². The van der Waals surface area contributed by atoms with Gasteiger partial charge in [0.25, 0.3) is 0 Å². The van der Waals surface area contributed by atoms with E-state index in [0.717, 1.165) is 0 Å². The van der Waals surface area contributed by atoms with Crippen molar-refractivity contribution in [3.63, 3.8) is 0 Å². The highest BCUT2D eigenvalue weighted by Gasteiger charge is 1.49. The van der Waals surface area contributed by atoms with Gasteiger partial charge in [0, 0.05) is 24.5 Å². The van der Waals surface area contributed by atoms with Crippen molar-refractivity contribution in [1.29, 1.82) is 0 Å². The van der Waals surface area contributed by atoms with Gasteiger partial charge in [0.05, 0.1) is 0 Å². The van der Waals surface area contributed by atoms with E-state index >= 15 is 0 Å². The molecule has 0 aliphatic carbocycles. The Balaban J connectivity index is -0.000000144. The SMILES string of the molecule is CN=C(N)[S-].CN=C(N)[S-].O=S(=O)([O-])[O-]. The van der Waals surface area contributed by atoms with E-state index in [4.69, 9.17) is 29.0 Å². The van der Waals surface area contributed by atoms with Crippen LogP contribution >= 0.6 is 0 Å². The Morgan fingerprint density at radius 2 is 1.13 bits per heavy atom. The Labute approximate surface area is 99.3 Å². The average Bonchev–Trinajstić information content (AvgIpc) is 2.02. The molecule has 0 bridgehead atoms. The van der Waals surface area contributed by atoms with E-state index in [2.05, 4.69) is 35.2 Å². The molecule has 0 saturated carbocycles. The monoisotopic (exact) mass is 274 g/mol. The molecule has 4 N–H and O–H groups in total. The molecule has 0 atom stereocenters. The standard InChI is InChI=1S/2C2H6N2S.H2O4S/c2*1-4-2(3)5;1-5(2,3)4/h2*1H3,(H3,3,4,5);(H2,1,2,3,4)/p-4. The first-order chi connectivity index (χ1) is 6.54. The normalized spacial score (nSPS) is 11.7. The predicted molar refractivity (Wildman–Crippen MR) is 60.3 cm³/mol. The van der Waals surface area contributed by atoms with Gasteiger partial charge in [-0.2, -0.15) is 0 Å². The van der Waals surface area contributed by atoms with Crippen molar-refractivity contribution in [2.75, 3.05) is 14.1 Å². The van der Waals surface area contributed by atoms with Crippen molar-refractivity contribution < 1.29 is 17.5 Å². The summed E-state index contributed by atoms with van der Waals surface area (Å²) in [7, 11) is -2.05. The Morgan fingerprint density at radius 1 is 1.07 bits per heavy atom. The van der Waals surface area contributed by atoms with E-state index in [0.29, 0.717) is 0 Å². The summed E-state index contributed by atoms with van der Waals surface area (Å²) in [5, 5.41) is 0.426. The molecule has 0 radical (unpaired) electrons. The molecule has 0 aromatic rings. The van der Waals surface area contributed by atoms with Crippen molar-refractivity contribution in [1.82, 2.24) is 0 Å². The number of rotatable bonds is 0. The van der Waals surface area contributed by atoms with Gasteiger partial charge < -0.3 is 55.8 Å². The molecular formula is C4H10N4O4S3-4. The van der Waals surface area contributed by atoms with Crippen molar-refractivity contribution in [3.05, 3.63) is 0 Å². The third-order valence-electron chi connectivity index (χ3n) is 0.441. The zero-order valence-corrected chi connectivity index (χ0v) is 10.4. The second kappa shape index (κ2) is 11.3. The zero-order valence-electron chi connectivity index (χ0n) is 7.91. The Hall–Kier alpha value is -0.750. The molecule has 0 spiro atoms. The van der Waals surface area contributed by atoms with Gasteiger partial charge in [-0.1, -0.05) is 0 Å². The van der Waals surface area contributed by atoms with E-state index in [1.807, 2.05) is 0 Å². The van der Waals surface area contributed by atoms with Gasteiger partial charge in [-0.3, -0.25) is 8.42 Å². The Morgan fingerprint density at radius 3 is 1.13 bits per heavy atom. The highest BCUT2D eigenvalue weighted by Crippen LogP contribution is 1.57. The second-order valence-corrected chi connectivity index (χ2v) is 3.18. The minimum Gasteiger partial charge on any atom is -0.759 e. The van der Waals surface area contributed by atoms with Gasteiger partial charge in [0.1, 0.15) is 0 Å². The molecule has 8 nitrogen and oxygen atoms in total. The number of aliphatic imine (C=N–C) groups is 2. The first kappa shape index (κ1) is 19.8. The van der Waals surface area contributed by atoms with Crippen LogP contribution in [0.25, 0.3) is 0 Å². The summed E-state index contributed by atoms with van der Waals surface area (Å²) in [5.41, 5.74) is 9.71. The predicted octanol–water partition coefficient (Wildman–Crippen LogP) is -2.38. The van der Waals surface area contributed by atoms with Crippen LogP contribution in [0.15, 0.2) is 9.98 Å². The number of hydrogen-bond acceptors (Lipinski definition) is 8. The fourth-order valence-corrected chi connectivity index (χ4v) is 0. The molecule has 0 saturated heterocycles. The molecule has 92 valence electrons. The van der Waals surface area contributed by atoms with Crippen molar-refractivity contribution >= 4 is 46.0 Å². The molecule has 15 heavy (non-hydrogen) atoms. The number of nitrogens with two attached hydrogens (primary N) is 2. The Bertz CT molecular complexity index is 267. The maximum absolute atomic E-state index is 8.52. The lowest BCUT2D eigenvalue weighted by molar-refractivity contribution is 0.352. The summed E-state index contributed by atoms with van der Waals surface area (Å²) < 4.78 is 34.1. The van der Waals surface area contributed by atoms with E-state index in [1.165, 1.54) is 0 Å². The number of nitrogens with zero attached hydrogens (tertiary/aromatic N) is 2. The van der Waals surface area contributed by atoms with Crippen molar-refractivity contribution in [2.24, 2.45) is 21.5 Å². The van der Waals surface area contributed by atoms with E-state index in [-0.39, 0.29) is 10.3 Å². The van der Waals surface area contributed by atoms with Crippen LogP contribution in [0.5, 0.6) is 0 Å². The molecule has 0 aliphatic heterocycles. The molecule has 0 heterocycles. The van der Waals surface area contributed by atoms with Crippen LogP contribution in [0.1, 0.15) is 0 Å². The highest BCUT2D eigenvalue weighted by molar-refractivity contribution is 7.79. The van der Waals surface area contributed by atoms with E-state index < -0.39 is 10.4 Å². The van der Waals surface area contributed by atoms with Crippen molar-refractivity contribution in [3.8, 4) is 0 Å². The van der Waals surface area contributed by atoms with Gasteiger partial charge in [0.2, 0.25) is 0 Å². The molecule has 0 amide bonds. The van der Waals surface area contributed by atoms with Crippen molar-refractivity contribution in [2.45, 2.75) is 0 Å². The van der Waals surface area contributed by atoms with E-state index in [9.17, 15) is 0 Å². The van der Waals surface area contributed by atoms with Crippen LogP contribution in [0.3, 0.4) is 0 Å². The summed E-state index contributed by atoms with van der Waals surface area (Å²) in [6.07, 6.45) is 0. The lowest BCUT2D eigenvalue weighted by Crippen LogP contribution is -2.04. The summed E-state index contributed by atoms with van der Waals surface area (Å²) >= 11 is 8.62. The van der Waals surface area contributed by atoms with Crippen LogP contribution in [0.4, 0.5) is 0 Å². The van der Waals surface area contributed by atoms with Gasteiger partial charge in [-0.25, -0.2) is 0 Å². The minimum absolute atomic E-state index is 0.213. The zero-order chi connectivity index (χ0) is 13.1. The van der Waals surface area contributed by atoms with Gasteiger partial charge in [-0.05, 0) is 10.3 Å². The fraction of sp³-hybridized carbons (Fsp3) is 0.500. The third-order valence-corrected chi connectivity index (χ3v) is 0.806. The lowest BCUT2D eigenvalue weighted by Gasteiger charge is -2.06. The third kappa shape index (κ3) is 159. The number of amidine groups is 2. The largest absolute Gasteiger partial charge is 0.759 e. The molecule has 0 aromatic heterocycles. The molecule has 0 unspecified atom stereocenters. The Kier molecular flexibility index (Phi) is 14.9. The molecular weight excluding hydrogens is 264 g/mol. The first-order valence-electron chi connectivity index (χ1n) is 2.99. The molecule has 11 heteroatoms. The highest BCUT2D eigenvalue weighted by atomic mass is 32.3. The van der Waals surface area contributed by atoms with Crippen LogP contribution in [-0.4, -0.2) is 42.0 Å². The summed E-state index contributed by atoms with van der Waals surface area (Å²) in [5.74, 6) is 0. The molecule has 0 aliphatic rings. The van der Waals surface area contributed by atoms with E-state index in [1.54, 1.807) is 14.1 Å². The summed E-state index contributed by atoms with van der Waals surface area (Å²) in [4.78, 5) is 6.80. The quantitative estimate of drug-likeness (QED) is 0.163. The summed E-state index contributed by atoms with van der Waals surface area (Å²) in [6.45, 7) is 0. The lowest BCUT2D eigenvalue weighted by atomic mass is 11.3. The summed E-state index contributed by atoms with van der Waals surface area (Å²) in [6, 6.07) is 0. The topological polar surface area (TPSA) is 157 Å².